The van der Waals surface area contributed by atoms with Gasteiger partial charge in [0, 0.05) is 16.7 Å². The summed E-state index contributed by atoms with van der Waals surface area (Å²) in [6.45, 7) is 0. The van der Waals surface area contributed by atoms with Crippen LogP contribution in [0.4, 0.5) is 25.8 Å². The number of hydrogen-bond acceptors (Lipinski definition) is 4. The standard InChI is InChI=1S/C14H14F2IN3O3S/c1-18-24(21,22)20-14-12(5-8(15)6-13(14)23-2)19-11-4-3-9(17)7-10(11)16/h3-7,18-20H,1-2H3. The predicted molar refractivity (Wildman–Crippen MR) is 97.0 cm³/mol. The third kappa shape index (κ3) is 4.45. The van der Waals surface area contributed by atoms with Crippen LogP contribution in [0.2, 0.25) is 0 Å². The largest absolute Gasteiger partial charge is 0.494 e. The summed E-state index contributed by atoms with van der Waals surface area (Å²) in [5.74, 6) is -1.29. The number of anilines is 3. The van der Waals surface area contributed by atoms with Crippen molar-refractivity contribution >= 4 is 49.9 Å². The highest BCUT2D eigenvalue weighted by molar-refractivity contribution is 14.1. The van der Waals surface area contributed by atoms with Gasteiger partial charge < -0.3 is 10.1 Å². The van der Waals surface area contributed by atoms with E-state index in [1.807, 2.05) is 22.6 Å². The Morgan fingerprint density at radius 1 is 1.12 bits per heavy atom. The number of hydrogen-bond donors (Lipinski definition) is 3. The zero-order valence-corrected chi connectivity index (χ0v) is 15.6. The van der Waals surface area contributed by atoms with Crippen LogP contribution in [-0.4, -0.2) is 22.6 Å². The Morgan fingerprint density at radius 3 is 2.42 bits per heavy atom. The van der Waals surface area contributed by atoms with Crippen molar-refractivity contribution in [3.8, 4) is 5.75 Å². The molecule has 3 N–H and O–H groups in total. The van der Waals surface area contributed by atoms with E-state index in [9.17, 15) is 17.2 Å². The third-order valence-electron chi connectivity index (χ3n) is 2.99. The molecule has 0 heterocycles. The van der Waals surface area contributed by atoms with Crippen LogP contribution >= 0.6 is 22.6 Å². The van der Waals surface area contributed by atoms with Gasteiger partial charge in [-0.1, -0.05) is 0 Å². The van der Waals surface area contributed by atoms with Gasteiger partial charge in [-0.25, -0.2) is 13.5 Å². The van der Waals surface area contributed by atoms with Gasteiger partial charge in [0.2, 0.25) is 0 Å². The van der Waals surface area contributed by atoms with Crippen molar-refractivity contribution < 1.29 is 21.9 Å². The molecule has 2 rings (SSSR count). The highest BCUT2D eigenvalue weighted by atomic mass is 127. The lowest BCUT2D eigenvalue weighted by Crippen LogP contribution is -2.27. The van der Waals surface area contributed by atoms with Crippen LogP contribution in [0.1, 0.15) is 0 Å². The number of ether oxygens (including phenoxy) is 1. The van der Waals surface area contributed by atoms with E-state index in [4.69, 9.17) is 4.74 Å². The van der Waals surface area contributed by atoms with Crippen molar-refractivity contribution in [2.45, 2.75) is 0 Å². The van der Waals surface area contributed by atoms with Crippen LogP contribution in [-0.2, 0) is 10.2 Å². The SMILES string of the molecule is CNS(=O)(=O)Nc1c(Nc2ccc(I)cc2F)cc(F)cc1OC. The Hall–Kier alpha value is -1.66. The van der Waals surface area contributed by atoms with E-state index >= 15 is 0 Å². The molecule has 0 radical (unpaired) electrons. The molecular weight excluding hydrogens is 455 g/mol. The molecule has 0 atom stereocenters. The van der Waals surface area contributed by atoms with E-state index in [-0.39, 0.29) is 22.8 Å². The molecule has 2 aromatic carbocycles. The fourth-order valence-corrected chi connectivity index (χ4v) is 2.90. The van der Waals surface area contributed by atoms with Crippen molar-refractivity contribution in [2.75, 3.05) is 24.2 Å². The number of rotatable bonds is 6. The molecule has 0 saturated heterocycles. The first kappa shape index (κ1) is 18.7. The quantitative estimate of drug-likeness (QED) is 0.568. The van der Waals surface area contributed by atoms with Crippen LogP contribution < -0.4 is 19.5 Å². The second-order valence-electron chi connectivity index (χ2n) is 4.59. The maximum atomic E-state index is 14.0. The Morgan fingerprint density at radius 2 is 1.83 bits per heavy atom. The van der Waals surface area contributed by atoms with Gasteiger partial charge in [0.05, 0.1) is 18.5 Å². The number of methoxy groups -OCH3 is 1. The van der Waals surface area contributed by atoms with Gasteiger partial charge in [-0.15, -0.1) is 0 Å². The Bertz CT molecular complexity index is 863. The van der Waals surface area contributed by atoms with Gasteiger partial charge >= 0.3 is 0 Å². The zero-order chi connectivity index (χ0) is 17.9. The molecule has 0 saturated carbocycles. The summed E-state index contributed by atoms with van der Waals surface area (Å²) in [6, 6.07) is 6.46. The summed E-state index contributed by atoms with van der Waals surface area (Å²) in [6.07, 6.45) is 0. The first-order valence-electron chi connectivity index (χ1n) is 6.56. The highest BCUT2D eigenvalue weighted by Gasteiger charge is 2.18. The lowest BCUT2D eigenvalue weighted by molar-refractivity contribution is 0.413. The Balaban J connectivity index is 2.53. The van der Waals surface area contributed by atoms with Crippen LogP contribution in [0.3, 0.4) is 0 Å². The minimum atomic E-state index is -3.89. The Kier molecular flexibility index (Phi) is 5.83. The topological polar surface area (TPSA) is 79.5 Å². The summed E-state index contributed by atoms with van der Waals surface area (Å²) in [5.41, 5.74) is 0.0185. The number of benzene rings is 2. The first-order chi connectivity index (χ1) is 11.3. The van der Waals surface area contributed by atoms with Gasteiger partial charge in [0.1, 0.15) is 23.1 Å². The minimum Gasteiger partial charge on any atom is -0.494 e. The van der Waals surface area contributed by atoms with E-state index in [1.165, 1.54) is 26.3 Å². The van der Waals surface area contributed by atoms with Gasteiger partial charge in [-0.05, 0) is 46.9 Å². The second kappa shape index (κ2) is 7.49. The summed E-state index contributed by atoms with van der Waals surface area (Å²) >= 11 is 1.95. The van der Waals surface area contributed by atoms with Gasteiger partial charge in [0.15, 0.2) is 0 Å². The molecule has 0 aliphatic heterocycles. The number of halogens is 3. The molecule has 0 aliphatic carbocycles. The molecule has 0 bridgehead atoms. The molecule has 0 spiro atoms. The molecule has 6 nitrogen and oxygen atoms in total. The van der Waals surface area contributed by atoms with Crippen molar-refractivity contribution in [2.24, 2.45) is 0 Å². The summed E-state index contributed by atoms with van der Waals surface area (Å²) in [4.78, 5) is 0. The molecule has 130 valence electrons. The summed E-state index contributed by atoms with van der Waals surface area (Å²) < 4.78 is 61.3. The lowest BCUT2D eigenvalue weighted by Gasteiger charge is -2.17. The molecule has 0 aromatic heterocycles. The maximum Gasteiger partial charge on any atom is 0.299 e. The smallest absolute Gasteiger partial charge is 0.299 e. The zero-order valence-electron chi connectivity index (χ0n) is 12.7. The van der Waals surface area contributed by atoms with Crippen molar-refractivity contribution in [3.63, 3.8) is 0 Å². The number of nitrogens with one attached hydrogen (secondary N) is 3. The third-order valence-corrected chi connectivity index (χ3v) is 4.67. The van der Waals surface area contributed by atoms with E-state index < -0.39 is 21.8 Å². The van der Waals surface area contributed by atoms with Crippen molar-refractivity contribution in [1.29, 1.82) is 0 Å². The summed E-state index contributed by atoms with van der Waals surface area (Å²) in [5, 5.41) is 2.68. The van der Waals surface area contributed by atoms with Crippen LogP contribution in [0.15, 0.2) is 30.3 Å². The van der Waals surface area contributed by atoms with E-state index in [0.717, 1.165) is 12.1 Å². The normalized spacial score (nSPS) is 11.2. The second-order valence-corrected chi connectivity index (χ2v) is 7.45. The lowest BCUT2D eigenvalue weighted by atomic mass is 10.2. The molecule has 2 aromatic rings. The fourth-order valence-electron chi connectivity index (χ4n) is 1.87. The molecule has 24 heavy (non-hydrogen) atoms. The van der Waals surface area contributed by atoms with Gasteiger partial charge in [0.25, 0.3) is 10.2 Å². The van der Waals surface area contributed by atoms with Crippen LogP contribution in [0.25, 0.3) is 0 Å². The Labute approximate surface area is 151 Å². The van der Waals surface area contributed by atoms with Crippen molar-refractivity contribution in [3.05, 3.63) is 45.5 Å². The molecule has 0 unspecified atom stereocenters. The molecule has 0 amide bonds. The van der Waals surface area contributed by atoms with Crippen molar-refractivity contribution in [1.82, 2.24) is 4.72 Å². The monoisotopic (exact) mass is 469 g/mol. The molecule has 0 fully saturated rings. The fraction of sp³-hybridized carbons (Fsp3) is 0.143. The van der Waals surface area contributed by atoms with Crippen LogP contribution in [0.5, 0.6) is 5.75 Å². The molecule has 10 heteroatoms. The highest BCUT2D eigenvalue weighted by Crippen LogP contribution is 2.36. The van der Waals surface area contributed by atoms with Gasteiger partial charge in [-0.3, -0.25) is 4.72 Å². The van der Waals surface area contributed by atoms with Crippen LogP contribution in [0, 0.1) is 15.2 Å². The average molecular weight is 469 g/mol. The molecule has 0 aliphatic rings. The van der Waals surface area contributed by atoms with E-state index in [1.54, 1.807) is 6.07 Å². The average Bonchev–Trinajstić information content (AvgIpc) is 2.52. The first-order valence-corrected chi connectivity index (χ1v) is 9.13. The predicted octanol–water partition coefficient (Wildman–Crippen LogP) is 3.20. The van der Waals surface area contributed by atoms with Gasteiger partial charge in [-0.2, -0.15) is 8.42 Å². The van der Waals surface area contributed by atoms with E-state index in [2.05, 4.69) is 14.8 Å². The summed E-state index contributed by atoms with van der Waals surface area (Å²) in [7, 11) is -1.41. The maximum absolute atomic E-state index is 14.0. The minimum absolute atomic E-state index is 0.00535. The van der Waals surface area contributed by atoms with E-state index in [0.29, 0.717) is 3.57 Å². The molecular formula is C14H14F2IN3O3S.